The van der Waals surface area contributed by atoms with E-state index in [1.54, 1.807) is 17.4 Å². The van der Waals surface area contributed by atoms with Gasteiger partial charge >= 0.3 is 0 Å². The minimum Gasteiger partial charge on any atom is -0.311 e. The summed E-state index contributed by atoms with van der Waals surface area (Å²) in [6.07, 6.45) is 4.54. The van der Waals surface area contributed by atoms with Crippen molar-refractivity contribution >= 4 is 78.0 Å². The van der Waals surface area contributed by atoms with Crippen molar-refractivity contribution < 1.29 is 12.3 Å². The van der Waals surface area contributed by atoms with Gasteiger partial charge in [-0.2, -0.15) is 0 Å². The molecule has 3 heterocycles. The smallest absolute Gasteiger partial charge is 0.264 e. The summed E-state index contributed by atoms with van der Waals surface area (Å²) < 4.78 is 82.3. The minimum atomic E-state index is -3.45. The normalized spacial score (nSPS) is 18.4. The van der Waals surface area contributed by atoms with E-state index < -0.39 is 32.7 Å². The van der Waals surface area contributed by atoms with E-state index in [0.29, 0.717) is 5.69 Å². The standard InChI is InChI=1S/C65H67BN2S/c1-61(2,3)42-20-17-19-41(35-42)40-25-29-46(30-26-40)67-53-37-44(63(7,8)9)27-31-51(53)66-58-54(67)38-45(64(10,11)12)39-55(58)68(59-48-36-43(62(4,5)6)28-32-56(48)69-60(59)66)52-24-18-23-50-57(52)47-21-13-14-22-49(47)65(50)33-15-16-34-65/h13-14,17-32,35-39H,15-16,33-34H2,1-12H3/i7D3,8D3,9D3. The van der Waals surface area contributed by atoms with Crippen molar-refractivity contribution in [1.29, 1.82) is 0 Å². The molecule has 0 unspecified atom stereocenters. The van der Waals surface area contributed by atoms with Gasteiger partial charge in [0, 0.05) is 60.9 Å². The number of hydrogen-bond acceptors (Lipinski definition) is 3. The highest BCUT2D eigenvalue weighted by atomic mass is 32.1. The van der Waals surface area contributed by atoms with Gasteiger partial charge in [0.25, 0.3) is 6.71 Å². The predicted molar refractivity (Wildman–Crippen MR) is 301 cm³/mol. The van der Waals surface area contributed by atoms with Crippen LogP contribution < -0.4 is 25.5 Å². The van der Waals surface area contributed by atoms with Gasteiger partial charge in [0.1, 0.15) is 0 Å². The fourth-order valence-electron chi connectivity index (χ4n) is 12.3. The summed E-state index contributed by atoms with van der Waals surface area (Å²) in [7, 11) is 0. The fraction of sp³-hybridized carbons (Fsp3) is 0.323. The summed E-state index contributed by atoms with van der Waals surface area (Å²) in [6, 6.07) is 49.4. The van der Waals surface area contributed by atoms with Gasteiger partial charge in [-0.25, -0.2) is 0 Å². The third-order valence-corrected chi connectivity index (χ3v) is 17.2. The molecule has 0 atom stereocenters. The summed E-state index contributed by atoms with van der Waals surface area (Å²) in [4.78, 5) is 4.72. The first kappa shape index (κ1) is 35.3. The summed E-state index contributed by atoms with van der Waals surface area (Å²) >= 11 is 1.76. The molecule has 0 radical (unpaired) electrons. The largest absolute Gasteiger partial charge is 0.311 e. The predicted octanol–water partition coefficient (Wildman–Crippen LogP) is 16.7. The van der Waals surface area contributed by atoms with Gasteiger partial charge in [-0.3, -0.25) is 0 Å². The monoisotopic (exact) mass is 928 g/mol. The van der Waals surface area contributed by atoms with Gasteiger partial charge in [-0.05, 0) is 144 Å². The second-order valence-corrected chi connectivity index (χ2v) is 24.6. The van der Waals surface area contributed by atoms with Gasteiger partial charge in [-0.15, -0.1) is 11.3 Å². The number of benzene rings is 7. The second kappa shape index (κ2) is 15.1. The summed E-state index contributed by atoms with van der Waals surface area (Å²) in [5.74, 6) is 0. The molecular formula is C65H67BN2S. The Morgan fingerprint density at radius 3 is 1.86 bits per heavy atom. The van der Waals surface area contributed by atoms with Crippen LogP contribution in [0, 0.1) is 0 Å². The minimum absolute atomic E-state index is 0.0650. The van der Waals surface area contributed by atoms with E-state index >= 15 is 0 Å². The average Bonchev–Trinajstić information content (AvgIpc) is 3.31. The molecule has 69 heavy (non-hydrogen) atoms. The van der Waals surface area contributed by atoms with Crippen molar-refractivity contribution in [2.45, 2.75) is 136 Å². The third kappa shape index (κ3) is 6.78. The van der Waals surface area contributed by atoms with Crippen LogP contribution in [0.2, 0.25) is 0 Å². The van der Waals surface area contributed by atoms with Crippen LogP contribution in [0.4, 0.5) is 34.1 Å². The number of nitrogens with zero attached hydrogens (tertiary/aromatic N) is 2. The molecule has 1 saturated carbocycles. The van der Waals surface area contributed by atoms with E-state index in [1.165, 1.54) is 52.3 Å². The highest BCUT2D eigenvalue weighted by molar-refractivity contribution is 7.33. The lowest BCUT2D eigenvalue weighted by Gasteiger charge is -2.45. The Balaban J connectivity index is 1.21. The van der Waals surface area contributed by atoms with E-state index in [4.69, 9.17) is 12.3 Å². The average molecular weight is 928 g/mol. The third-order valence-electron chi connectivity index (χ3n) is 16.0. The maximum atomic E-state index is 8.90. The van der Waals surface area contributed by atoms with E-state index in [2.05, 4.69) is 193 Å². The maximum absolute atomic E-state index is 8.90. The lowest BCUT2D eigenvalue weighted by atomic mass is 9.36. The van der Waals surface area contributed by atoms with Crippen molar-refractivity contribution in [3.8, 4) is 22.3 Å². The van der Waals surface area contributed by atoms with E-state index in [9.17, 15) is 0 Å². The molecule has 4 aliphatic rings. The molecule has 1 spiro atoms. The first-order chi connectivity index (χ1) is 36.5. The van der Waals surface area contributed by atoms with Crippen molar-refractivity contribution in [2.75, 3.05) is 9.80 Å². The quantitative estimate of drug-likeness (QED) is 0.163. The molecule has 0 N–H and O–H groups in total. The first-order valence-corrected chi connectivity index (χ1v) is 25.7. The van der Waals surface area contributed by atoms with E-state index in [0.717, 1.165) is 83.8 Å². The molecule has 2 nitrogen and oxygen atoms in total. The Kier molecular flexibility index (Phi) is 7.72. The highest BCUT2D eigenvalue weighted by Gasteiger charge is 2.50. The molecule has 1 fully saturated rings. The molecule has 2 aliphatic carbocycles. The van der Waals surface area contributed by atoms with Crippen molar-refractivity contribution in [2.24, 2.45) is 0 Å². The number of anilines is 6. The van der Waals surface area contributed by atoms with Gasteiger partial charge in [-0.1, -0.05) is 187 Å². The van der Waals surface area contributed by atoms with Crippen LogP contribution >= 0.6 is 11.3 Å². The summed E-state index contributed by atoms with van der Waals surface area (Å²) in [5, 5.41) is 1.13. The van der Waals surface area contributed by atoms with E-state index in [1.807, 2.05) is 6.07 Å². The zero-order chi connectivity index (χ0) is 55.7. The Hall–Kier alpha value is -5.84. The molecule has 346 valence electrons. The topological polar surface area (TPSA) is 6.48 Å². The van der Waals surface area contributed by atoms with E-state index in [-0.39, 0.29) is 27.2 Å². The number of fused-ring (bicyclic) bond motifs is 11. The molecule has 0 saturated heterocycles. The van der Waals surface area contributed by atoms with Crippen molar-refractivity contribution in [3.05, 3.63) is 173 Å². The van der Waals surface area contributed by atoms with Crippen LogP contribution in [0.5, 0.6) is 0 Å². The molecule has 1 aromatic heterocycles. The first-order valence-electron chi connectivity index (χ1n) is 29.4. The highest BCUT2D eigenvalue weighted by Crippen LogP contribution is 2.61. The van der Waals surface area contributed by atoms with Gasteiger partial charge < -0.3 is 9.80 Å². The summed E-state index contributed by atoms with van der Waals surface area (Å²) in [5.41, 5.74) is 14.0. The SMILES string of the molecule is [2H]C([2H])([2H])C(c1ccc2c(c1)N(c1ccc(-c3cccc(C(C)(C)C)c3)cc1)c1cc(C(C)(C)C)cc3c1B2c1sc2ccc(C(C)(C)C)cc2c1N3c1cccc2c1-c1ccccc1C21CCCC1)(C([2H])([2H])[2H])C([2H])([2H])[2H]. The molecule has 4 heteroatoms. The Morgan fingerprint density at radius 1 is 0.522 bits per heavy atom. The molecule has 8 aromatic rings. The van der Waals surface area contributed by atoms with Gasteiger partial charge in [0.05, 0.1) is 11.4 Å². The fourth-order valence-corrected chi connectivity index (χ4v) is 13.6. The number of rotatable bonds is 3. The van der Waals surface area contributed by atoms with Crippen LogP contribution in [0.3, 0.4) is 0 Å². The Labute approximate surface area is 429 Å². The lowest BCUT2D eigenvalue weighted by Crippen LogP contribution is -2.60. The maximum Gasteiger partial charge on any atom is 0.264 e. The molecule has 0 bridgehead atoms. The van der Waals surface area contributed by atoms with Gasteiger partial charge in [0.15, 0.2) is 0 Å². The molecule has 12 rings (SSSR count). The Bertz CT molecular complexity index is 3710. The van der Waals surface area contributed by atoms with Crippen LogP contribution in [0.15, 0.2) is 140 Å². The molecule has 2 aliphatic heterocycles. The zero-order valence-corrected chi connectivity index (χ0v) is 42.3. The van der Waals surface area contributed by atoms with Crippen LogP contribution in [-0.2, 0) is 27.1 Å². The number of hydrogen-bond donors (Lipinski definition) is 0. The van der Waals surface area contributed by atoms with Crippen LogP contribution in [-0.4, -0.2) is 6.71 Å². The molecule has 7 aromatic carbocycles. The van der Waals surface area contributed by atoms with Gasteiger partial charge in [0.2, 0.25) is 0 Å². The lowest BCUT2D eigenvalue weighted by molar-refractivity contribution is 0.550. The van der Waals surface area contributed by atoms with Crippen molar-refractivity contribution in [1.82, 2.24) is 0 Å². The molecular weight excluding hydrogens is 852 g/mol. The van der Waals surface area contributed by atoms with Crippen molar-refractivity contribution in [3.63, 3.8) is 0 Å². The summed E-state index contributed by atoms with van der Waals surface area (Å²) in [6.45, 7) is 9.28. The van der Waals surface area contributed by atoms with Crippen LogP contribution in [0.1, 0.15) is 154 Å². The zero-order valence-electron chi connectivity index (χ0n) is 50.5. The number of thiophene rings is 1. The second-order valence-electron chi connectivity index (χ2n) is 23.5. The van der Waals surface area contributed by atoms with Crippen LogP contribution in [0.25, 0.3) is 32.3 Å². The Morgan fingerprint density at radius 2 is 1.14 bits per heavy atom. The molecule has 0 amide bonds.